The summed E-state index contributed by atoms with van der Waals surface area (Å²) in [6.07, 6.45) is 11.4. The van der Waals surface area contributed by atoms with E-state index in [4.69, 9.17) is 0 Å². The van der Waals surface area contributed by atoms with E-state index in [9.17, 15) is 4.39 Å². The largest absolute Gasteiger partial charge is 0.206 e. The maximum atomic E-state index is 14.4. The summed E-state index contributed by atoms with van der Waals surface area (Å²) >= 11 is 0. The van der Waals surface area contributed by atoms with Gasteiger partial charge in [-0.1, -0.05) is 25.5 Å². The van der Waals surface area contributed by atoms with Crippen LogP contribution in [-0.4, -0.2) is 0 Å². The number of hydrogen-bond donors (Lipinski definition) is 0. The van der Waals surface area contributed by atoms with Crippen LogP contribution in [0, 0.1) is 24.1 Å². The lowest BCUT2D eigenvalue weighted by molar-refractivity contribution is 0.209. The lowest BCUT2D eigenvalue weighted by atomic mass is 9.64. The van der Waals surface area contributed by atoms with E-state index in [0.29, 0.717) is 5.92 Å². The normalized spacial score (nSPS) is 27.2. The van der Waals surface area contributed by atoms with Gasteiger partial charge < -0.3 is 0 Å². The molecule has 1 saturated carbocycles. The fraction of sp³-hybridized carbons (Fsp3) is 0.522. The molecule has 0 N–H and O–H groups in total. The van der Waals surface area contributed by atoms with Gasteiger partial charge in [-0.15, -0.1) is 6.58 Å². The Morgan fingerprint density at radius 2 is 1.96 bits per heavy atom. The first-order valence-corrected chi connectivity index (χ1v) is 9.64. The number of aryl methyl sites for hydroxylation is 1. The second-order valence-corrected chi connectivity index (χ2v) is 7.57. The van der Waals surface area contributed by atoms with E-state index >= 15 is 0 Å². The highest BCUT2D eigenvalue weighted by Gasteiger charge is 2.36. The van der Waals surface area contributed by atoms with Gasteiger partial charge in [-0.25, -0.2) is 4.39 Å². The Balaban J connectivity index is 0.000000815. The molecule has 0 nitrogen and oxygen atoms in total. The molecule has 24 heavy (non-hydrogen) atoms. The average molecular weight is 325 g/mol. The molecule has 4 rings (SSSR count). The monoisotopic (exact) mass is 325 g/mol. The van der Waals surface area contributed by atoms with Crippen molar-refractivity contribution in [2.75, 3.05) is 0 Å². The molecule has 0 aliphatic heterocycles. The summed E-state index contributed by atoms with van der Waals surface area (Å²) in [7, 11) is 0. The Morgan fingerprint density at radius 1 is 1.21 bits per heavy atom. The third-order valence-electron chi connectivity index (χ3n) is 5.79. The lowest BCUT2D eigenvalue weighted by Gasteiger charge is -2.41. The first kappa shape index (κ1) is 17.5. The zero-order valence-electron chi connectivity index (χ0n) is 15.4. The van der Waals surface area contributed by atoms with Crippen LogP contribution in [0.1, 0.15) is 75.5 Å². The van der Waals surface area contributed by atoms with Gasteiger partial charge in [0.05, 0.1) is 0 Å². The van der Waals surface area contributed by atoms with Gasteiger partial charge in [-0.2, -0.15) is 0 Å². The molecule has 1 radical (unpaired) electrons. The molecule has 3 aliphatic rings. The molecule has 3 unspecified atom stereocenters. The van der Waals surface area contributed by atoms with Crippen LogP contribution in [0.5, 0.6) is 0 Å². The van der Waals surface area contributed by atoms with Crippen LogP contribution in [0.15, 0.2) is 30.4 Å². The predicted octanol–water partition coefficient (Wildman–Crippen LogP) is 6.87. The zero-order valence-corrected chi connectivity index (χ0v) is 15.4. The van der Waals surface area contributed by atoms with Crippen LogP contribution in [0.2, 0.25) is 0 Å². The van der Waals surface area contributed by atoms with Gasteiger partial charge in [0.15, 0.2) is 0 Å². The van der Waals surface area contributed by atoms with Crippen molar-refractivity contribution < 1.29 is 4.39 Å². The van der Waals surface area contributed by atoms with Crippen molar-refractivity contribution in [3.05, 3.63) is 59.3 Å². The van der Waals surface area contributed by atoms with Crippen LogP contribution in [0.25, 0.3) is 5.57 Å². The van der Waals surface area contributed by atoms with Gasteiger partial charge in [0.25, 0.3) is 0 Å². The van der Waals surface area contributed by atoms with Crippen molar-refractivity contribution in [3.8, 4) is 0 Å². The lowest BCUT2D eigenvalue weighted by Crippen LogP contribution is -2.28. The topological polar surface area (TPSA) is 0 Å². The van der Waals surface area contributed by atoms with E-state index in [-0.39, 0.29) is 5.82 Å². The Kier molecular flexibility index (Phi) is 5.27. The third kappa shape index (κ3) is 3.50. The number of hydrogen-bond acceptors (Lipinski definition) is 0. The highest BCUT2D eigenvalue weighted by atomic mass is 19.1. The van der Waals surface area contributed by atoms with E-state index in [0.717, 1.165) is 29.4 Å². The van der Waals surface area contributed by atoms with E-state index < -0.39 is 0 Å². The van der Waals surface area contributed by atoms with Crippen LogP contribution < -0.4 is 0 Å². The number of allylic oxidation sites excluding steroid dienone is 3. The van der Waals surface area contributed by atoms with Crippen molar-refractivity contribution in [2.45, 2.75) is 65.2 Å². The molecule has 0 saturated heterocycles. The third-order valence-corrected chi connectivity index (χ3v) is 5.79. The van der Waals surface area contributed by atoms with Gasteiger partial charge in [0, 0.05) is 12.0 Å². The van der Waals surface area contributed by atoms with Gasteiger partial charge in [-0.05, 0) is 92.0 Å². The highest BCUT2D eigenvalue weighted by molar-refractivity contribution is 5.87. The summed E-state index contributed by atoms with van der Waals surface area (Å²) in [6.45, 7) is 10.2. The summed E-state index contributed by atoms with van der Waals surface area (Å²) < 4.78 is 14.4. The summed E-state index contributed by atoms with van der Waals surface area (Å²) in [5, 5.41) is 0. The number of rotatable bonds is 3. The van der Waals surface area contributed by atoms with Crippen molar-refractivity contribution in [1.29, 1.82) is 0 Å². The van der Waals surface area contributed by atoms with Crippen LogP contribution in [0.4, 0.5) is 4.39 Å². The van der Waals surface area contributed by atoms with Gasteiger partial charge in [0.2, 0.25) is 0 Å². The van der Waals surface area contributed by atoms with Crippen LogP contribution >= 0.6 is 0 Å². The average Bonchev–Trinajstić information content (AvgIpc) is 3.40. The minimum Gasteiger partial charge on any atom is -0.206 e. The van der Waals surface area contributed by atoms with E-state index in [2.05, 4.69) is 19.6 Å². The van der Waals surface area contributed by atoms with Crippen molar-refractivity contribution in [1.82, 2.24) is 0 Å². The SMILES string of the molecule is C=C(C)CC1CCC2c3cc(F)c(C4=C[CH]4)cc3CCC2C1.CC. The fourth-order valence-corrected chi connectivity index (χ4v) is 4.75. The molecule has 0 aromatic heterocycles. The molecule has 0 heterocycles. The summed E-state index contributed by atoms with van der Waals surface area (Å²) in [6, 6.07) is 3.98. The highest BCUT2D eigenvalue weighted by Crippen LogP contribution is 2.49. The minimum atomic E-state index is -0.0246. The molecule has 0 amide bonds. The number of benzene rings is 1. The van der Waals surface area contributed by atoms with Gasteiger partial charge in [-0.3, -0.25) is 0 Å². The van der Waals surface area contributed by atoms with Crippen LogP contribution in [-0.2, 0) is 6.42 Å². The summed E-state index contributed by atoms with van der Waals surface area (Å²) in [4.78, 5) is 0. The molecular weight excluding hydrogens is 295 g/mol. The first-order chi connectivity index (χ1) is 11.6. The van der Waals surface area contributed by atoms with E-state index in [1.807, 2.05) is 32.4 Å². The maximum absolute atomic E-state index is 14.4. The Labute approximate surface area is 146 Å². The molecule has 1 aromatic rings. The smallest absolute Gasteiger partial charge is 0.131 e. The second kappa shape index (κ2) is 7.25. The number of fused-ring (bicyclic) bond motifs is 3. The van der Waals surface area contributed by atoms with E-state index in [1.165, 1.54) is 48.8 Å². The summed E-state index contributed by atoms with van der Waals surface area (Å²) in [5.41, 5.74) is 5.91. The standard InChI is InChI=1S/C21H24F.C2H6/c1-13(2)9-14-3-8-18-16(10-14)6-7-17-11-20(15-4-5-15)21(22)12-19(17)18;1-2/h4-5,11-12,14,16,18H,1,3,6-10H2,2H3;1-2H3. The molecule has 0 bridgehead atoms. The van der Waals surface area contributed by atoms with Crippen LogP contribution in [0.3, 0.4) is 0 Å². The summed E-state index contributed by atoms with van der Waals surface area (Å²) in [5.74, 6) is 2.12. The first-order valence-electron chi connectivity index (χ1n) is 9.64. The molecular formula is C23H30F. The van der Waals surface area contributed by atoms with E-state index in [1.54, 1.807) is 0 Å². The quantitative estimate of drug-likeness (QED) is 0.532. The van der Waals surface area contributed by atoms with Gasteiger partial charge >= 0.3 is 0 Å². The Morgan fingerprint density at radius 3 is 2.62 bits per heavy atom. The molecule has 1 heteroatoms. The molecule has 3 aliphatic carbocycles. The maximum Gasteiger partial charge on any atom is 0.131 e. The Hall–Kier alpha value is -1.37. The van der Waals surface area contributed by atoms with Gasteiger partial charge in [0.1, 0.15) is 5.82 Å². The predicted molar refractivity (Wildman–Crippen MR) is 101 cm³/mol. The van der Waals surface area contributed by atoms with Crippen molar-refractivity contribution in [2.24, 2.45) is 11.8 Å². The Bertz CT molecular complexity index is 652. The minimum absolute atomic E-state index is 0.0246. The molecule has 129 valence electrons. The fourth-order valence-electron chi connectivity index (χ4n) is 4.75. The van der Waals surface area contributed by atoms with Crippen molar-refractivity contribution >= 4 is 5.57 Å². The molecule has 1 aromatic carbocycles. The zero-order chi connectivity index (χ0) is 17.3. The molecule has 1 fully saturated rings. The molecule has 0 spiro atoms. The molecule has 3 atom stereocenters. The van der Waals surface area contributed by atoms with Crippen molar-refractivity contribution in [3.63, 3.8) is 0 Å². The number of halogens is 1. The second-order valence-electron chi connectivity index (χ2n) is 7.57.